The molecule has 3 amide bonds. The number of para-hydroxylation sites is 1. The van der Waals surface area contributed by atoms with E-state index >= 15 is 0 Å². The third-order valence-electron chi connectivity index (χ3n) is 4.54. The van der Waals surface area contributed by atoms with Crippen molar-refractivity contribution < 1.29 is 14.0 Å². The number of hydrogen-bond acceptors (Lipinski definition) is 5. The van der Waals surface area contributed by atoms with E-state index in [2.05, 4.69) is 15.5 Å². The van der Waals surface area contributed by atoms with Crippen molar-refractivity contribution in [3.63, 3.8) is 0 Å². The first kappa shape index (κ1) is 20.4. The first-order valence-corrected chi connectivity index (χ1v) is 10.6. The van der Waals surface area contributed by atoms with Crippen molar-refractivity contribution >= 4 is 35.3 Å². The molecule has 4 rings (SSSR count). The van der Waals surface area contributed by atoms with Crippen LogP contribution >= 0.6 is 23.4 Å². The van der Waals surface area contributed by atoms with Gasteiger partial charge in [-0.05, 0) is 30.7 Å². The van der Waals surface area contributed by atoms with Crippen LogP contribution in [-0.4, -0.2) is 50.4 Å². The van der Waals surface area contributed by atoms with Gasteiger partial charge < -0.3 is 5.32 Å². The molecule has 0 unspecified atom stereocenters. The predicted molar refractivity (Wildman–Crippen MR) is 112 cm³/mol. The van der Waals surface area contributed by atoms with Crippen molar-refractivity contribution in [2.24, 2.45) is 0 Å². The Morgan fingerprint density at radius 2 is 1.87 bits per heavy atom. The molecule has 7 nitrogen and oxygen atoms in total. The highest BCUT2D eigenvalue weighted by Gasteiger charge is 2.27. The summed E-state index contributed by atoms with van der Waals surface area (Å²) in [4.78, 5) is 24.5. The molecule has 1 fully saturated rings. The summed E-state index contributed by atoms with van der Waals surface area (Å²) in [5.74, 6) is 0.348. The van der Waals surface area contributed by atoms with Crippen molar-refractivity contribution in [3.8, 4) is 17.1 Å². The fourth-order valence-corrected chi connectivity index (χ4v) is 4.19. The second-order valence-electron chi connectivity index (χ2n) is 6.48. The summed E-state index contributed by atoms with van der Waals surface area (Å²) in [5, 5.41) is 12.0. The molecule has 1 N–H and O–H groups in total. The van der Waals surface area contributed by atoms with Gasteiger partial charge in [-0.1, -0.05) is 47.6 Å². The largest absolute Gasteiger partial charge is 0.329 e. The first-order chi connectivity index (χ1) is 14.6. The van der Waals surface area contributed by atoms with Crippen LogP contribution in [0.15, 0.2) is 53.7 Å². The highest BCUT2D eigenvalue weighted by atomic mass is 35.5. The number of thioether (sulfide) groups is 1. The molecule has 0 bridgehead atoms. The summed E-state index contributed by atoms with van der Waals surface area (Å²) in [6, 6.07) is 13.2. The number of carbonyl (C=O) groups excluding carboxylic acids is 2. The van der Waals surface area contributed by atoms with E-state index in [1.54, 1.807) is 41.0 Å². The molecule has 30 heavy (non-hydrogen) atoms. The number of urea groups is 1. The zero-order valence-corrected chi connectivity index (χ0v) is 17.3. The van der Waals surface area contributed by atoms with E-state index in [0.717, 1.165) is 0 Å². The molecule has 1 aliphatic heterocycles. The number of imide groups is 1. The maximum Gasteiger partial charge on any atom is 0.324 e. The molecule has 154 valence electrons. The van der Waals surface area contributed by atoms with Crippen molar-refractivity contribution in [2.75, 3.05) is 18.8 Å². The lowest BCUT2D eigenvalue weighted by Gasteiger charge is -2.13. The number of aromatic nitrogens is 3. The van der Waals surface area contributed by atoms with E-state index in [-0.39, 0.29) is 18.5 Å². The van der Waals surface area contributed by atoms with Crippen LogP contribution in [-0.2, 0) is 4.79 Å². The van der Waals surface area contributed by atoms with Gasteiger partial charge in [-0.3, -0.25) is 14.3 Å². The molecule has 0 radical (unpaired) electrons. The van der Waals surface area contributed by atoms with Gasteiger partial charge >= 0.3 is 6.03 Å². The maximum absolute atomic E-state index is 14.6. The summed E-state index contributed by atoms with van der Waals surface area (Å²) in [6.07, 6.45) is 0.565. The standard InChI is InChI=1S/C20H17ClFN5O2S/c21-14-7-2-1-6-13(14)18-24-25-20(27(18)16-9-4-3-8-15(16)22)30-11-5-10-26-17(28)12-23-19(26)29/h1-4,6-9H,5,10-12H2,(H,23,29). The minimum absolute atomic E-state index is 0.0365. The van der Waals surface area contributed by atoms with Gasteiger partial charge in [-0.15, -0.1) is 10.2 Å². The number of carbonyl (C=O) groups is 2. The smallest absolute Gasteiger partial charge is 0.324 e. The van der Waals surface area contributed by atoms with E-state index in [1.165, 1.54) is 22.7 Å². The van der Waals surface area contributed by atoms with Crippen LogP contribution in [0, 0.1) is 5.82 Å². The Morgan fingerprint density at radius 3 is 2.60 bits per heavy atom. The Kier molecular flexibility index (Phi) is 6.01. The lowest BCUT2D eigenvalue weighted by Crippen LogP contribution is -2.32. The van der Waals surface area contributed by atoms with Gasteiger partial charge in [0.15, 0.2) is 11.0 Å². The monoisotopic (exact) mass is 445 g/mol. The predicted octanol–water partition coefficient (Wildman–Crippen LogP) is 3.76. The SMILES string of the molecule is O=C1CNC(=O)N1CCCSc1nnc(-c2ccccc2Cl)n1-c1ccccc1F. The molecule has 0 spiro atoms. The third kappa shape index (κ3) is 4.03. The third-order valence-corrected chi connectivity index (χ3v) is 5.88. The molecular weight excluding hydrogens is 429 g/mol. The Bertz CT molecular complexity index is 1090. The number of amides is 3. The lowest BCUT2D eigenvalue weighted by molar-refractivity contribution is -0.124. The van der Waals surface area contributed by atoms with E-state index in [9.17, 15) is 14.0 Å². The summed E-state index contributed by atoms with van der Waals surface area (Å²) in [5.41, 5.74) is 0.954. The van der Waals surface area contributed by atoms with Crippen LogP contribution in [0.2, 0.25) is 5.02 Å². The van der Waals surface area contributed by atoms with E-state index in [4.69, 9.17) is 11.6 Å². The van der Waals surface area contributed by atoms with Crippen molar-refractivity contribution in [3.05, 3.63) is 59.4 Å². The van der Waals surface area contributed by atoms with Crippen LogP contribution in [0.25, 0.3) is 17.1 Å². The Balaban J connectivity index is 1.59. The molecular formula is C20H17ClFN5O2S. The Morgan fingerprint density at radius 1 is 1.10 bits per heavy atom. The molecule has 1 saturated heterocycles. The molecule has 0 aliphatic carbocycles. The van der Waals surface area contributed by atoms with Gasteiger partial charge in [0.05, 0.1) is 17.3 Å². The zero-order valence-electron chi connectivity index (χ0n) is 15.7. The van der Waals surface area contributed by atoms with Gasteiger partial charge in [-0.2, -0.15) is 0 Å². The summed E-state index contributed by atoms with van der Waals surface area (Å²) in [6.45, 7) is 0.345. The van der Waals surface area contributed by atoms with Crippen LogP contribution in [0.5, 0.6) is 0 Å². The molecule has 2 heterocycles. The molecule has 0 saturated carbocycles. The van der Waals surface area contributed by atoms with Crippen LogP contribution < -0.4 is 5.32 Å². The summed E-state index contributed by atoms with van der Waals surface area (Å²) in [7, 11) is 0. The topological polar surface area (TPSA) is 80.1 Å². The highest BCUT2D eigenvalue weighted by molar-refractivity contribution is 7.99. The average Bonchev–Trinajstić information content (AvgIpc) is 3.29. The molecule has 0 atom stereocenters. The summed E-state index contributed by atoms with van der Waals surface area (Å²) < 4.78 is 16.2. The molecule has 1 aliphatic rings. The van der Waals surface area contributed by atoms with Crippen molar-refractivity contribution in [1.29, 1.82) is 0 Å². The van der Waals surface area contributed by atoms with Crippen LogP contribution in [0.1, 0.15) is 6.42 Å². The molecule has 1 aromatic heterocycles. The number of nitrogens with zero attached hydrogens (tertiary/aromatic N) is 4. The van der Waals surface area contributed by atoms with Crippen molar-refractivity contribution in [2.45, 2.75) is 11.6 Å². The number of benzene rings is 2. The number of hydrogen-bond donors (Lipinski definition) is 1. The fourth-order valence-electron chi connectivity index (χ4n) is 3.10. The highest BCUT2D eigenvalue weighted by Crippen LogP contribution is 2.32. The minimum Gasteiger partial charge on any atom is -0.329 e. The van der Waals surface area contributed by atoms with Crippen LogP contribution in [0.4, 0.5) is 9.18 Å². The average molecular weight is 446 g/mol. The van der Waals surface area contributed by atoms with Gasteiger partial charge in [-0.25, -0.2) is 9.18 Å². The van der Waals surface area contributed by atoms with E-state index in [1.807, 2.05) is 6.07 Å². The Labute approximate surface area is 181 Å². The molecule has 10 heteroatoms. The lowest BCUT2D eigenvalue weighted by atomic mass is 10.2. The molecule has 3 aromatic rings. The zero-order chi connectivity index (χ0) is 21.1. The minimum atomic E-state index is -0.410. The van der Waals surface area contributed by atoms with Gasteiger partial charge in [0, 0.05) is 17.9 Å². The number of halogens is 2. The van der Waals surface area contributed by atoms with E-state index < -0.39 is 5.82 Å². The van der Waals surface area contributed by atoms with Gasteiger partial charge in [0.1, 0.15) is 5.82 Å². The second kappa shape index (κ2) is 8.85. The van der Waals surface area contributed by atoms with Gasteiger partial charge in [0.2, 0.25) is 5.91 Å². The fraction of sp³-hybridized carbons (Fsp3) is 0.200. The number of rotatable bonds is 7. The maximum atomic E-state index is 14.6. The van der Waals surface area contributed by atoms with E-state index in [0.29, 0.717) is 46.0 Å². The Hall–Kier alpha value is -2.91. The molecule has 2 aromatic carbocycles. The van der Waals surface area contributed by atoms with Crippen molar-refractivity contribution in [1.82, 2.24) is 25.0 Å². The first-order valence-electron chi connectivity index (χ1n) is 9.22. The van der Waals surface area contributed by atoms with Crippen LogP contribution in [0.3, 0.4) is 0 Å². The summed E-state index contributed by atoms with van der Waals surface area (Å²) >= 11 is 7.70. The quantitative estimate of drug-likeness (QED) is 0.340. The second-order valence-corrected chi connectivity index (χ2v) is 7.95. The normalized spacial score (nSPS) is 13.7. The number of nitrogens with one attached hydrogen (secondary N) is 1. The van der Waals surface area contributed by atoms with Gasteiger partial charge in [0.25, 0.3) is 0 Å².